The third-order valence-electron chi connectivity index (χ3n) is 5.60. The van der Waals surface area contributed by atoms with Gasteiger partial charge < -0.3 is 4.57 Å². The van der Waals surface area contributed by atoms with Crippen molar-refractivity contribution in [2.45, 2.75) is 13.1 Å². The smallest absolute Gasteiger partial charge is 0.281 e. The first-order valence-electron chi connectivity index (χ1n) is 9.86. The molecule has 0 saturated heterocycles. The van der Waals surface area contributed by atoms with Gasteiger partial charge in [-0.05, 0) is 0 Å². The van der Waals surface area contributed by atoms with Gasteiger partial charge in [0.05, 0.1) is 19.4 Å². The molecule has 0 unspecified atom stereocenters. The molecule has 5 aromatic rings. The Morgan fingerprint density at radius 1 is 0.622 bits per heavy atom. The second-order valence-electron chi connectivity index (χ2n) is 7.63. The lowest BCUT2D eigenvalue weighted by atomic mass is 10.1. The van der Waals surface area contributed by atoms with E-state index in [-0.39, 0.29) is 11.4 Å². The molecule has 0 N–H and O–H groups in total. The van der Waals surface area contributed by atoms with Crippen molar-refractivity contribution in [1.82, 2.24) is 23.5 Å². The fourth-order valence-electron chi connectivity index (χ4n) is 3.81. The molecule has 6 nitrogen and oxygen atoms in total. The van der Waals surface area contributed by atoms with E-state index in [0.29, 0.717) is 9.13 Å². The average molecular weight is 535 g/mol. The van der Waals surface area contributed by atoms with Gasteiger partial charge in [0.25, 0.3) is 5.56 Å². The van der Waals surface area contributed by atoms with Crippen molar-refractivity contribution >= 4 is 16.9 Å². The van der Waals surface area contributed by atoms with Crippen LogP contribution in [0, 0.1) is 58.2 Å². The first-order valence-corrected chi connectivity index (χ1v) is 9.86. The first kappa shape index (κ1) is 24.3. The maximum absolute atomic E-state index is 14.3. The molecule has 0 bridgehead atoms. The number of hydrogen-bond acceptors (Lipinski definition) is 3. The van der Waals surface area contributed by atoms with Crippen molar-refractivity contribution in [3.63, 3.8) is 0 Å². The van der Waals surface area contributed by atoms with Crippen molar-refractivity contribution in [3.05, 3.63) is 98.4 Å². The molecule has 5 rings (SSSR count). The fraction of sp³-hybridized carbons (Fsp3) is 0.0952. The highest BCUT2D eigenvalue weighted by Gasteiger charge is 2.29. The molecule has 3 aromatic heterocycles. The minimum Gasteiger partial charge on any atom is -0.320 e. The molecule has 16 heteroatoms. The molecule has 0 saturated carbocycles. The van der Waals surface area contributed by atoms with Crippen LogP contribution in [0.25, 0.3) is 16.9 Å². The van der Waals surface area contributed by atoms with Crippen LogP contribution in [-0.4, -0.2) is 23.5 Å². The molecule has 0 amide bonds. The predicted octanol–water partition coefficient (Wildman–Crippen LogP) is 4.33. The van der Waals surface area contributed by atoms with Crippen LogP contribution in [-0.2, 0) is 13.1 Å². The number of hydrogen-bond donors (Lipinski definition) is 0. The second-order valence-corrected chi connectivity index (χ2v) is 7.63. The molecule has 0 atom stereocenters. The average Bonchev–Trinajstić information content (AvgIpc) is 3.53. The zero-order chi connectivity index (χ0) is 26.9. The number of rotatable bonds is 4. The third-order valence-corrected chi connectivity index (χ3v) is 5.60. The zero-order valence-corrected chi connectivity index (χ0v) is 17.6. The summed E-state index contributed by atoms with van der Waals surface area (Å²) in [7, 11) is 0. The summed E-state index contributed by atoms with van der Waals surface area (Å²) in [6.07, 6.45) is 3.08. The van der Waals surface area contributed by atoms with E-state index < -0.39 is 93.5 Å². The van der Waals surface area contributed by atoms with Crippen LogP contribution in [0.2, 0.25) is 0 Å². The summed E-state index contributed by atoms with van der Waals surface area (Å²) in [5, 5.41) is 0. The Kier molecular flexibility index (Phi) is 5.49. The van der Waals surface area contributed by atoms with Crippen molar-refractivity contribution < 1.29 is 43.9 Å². The van der Waals surface area contributed by atoms with Crippen LogP contribution in [0.4, 0.5) is 43.9 Å². The van der Waals surface area contributed by atoms with E-state index in [9.17, 15) is 48.7 Å². The summed E-state index contributed by atoms with van der Waals surface area (Å²) in [6.45, 7) is -2.35. The zero-order valence-electron chi connectivity index (χ0n) is 17.6. The number of benzene rings is 2. The van der Waals surface area contributed by atoms with Gasteiger partial charge in [0.1, 0.15) is 0 Å². The quantitative estimate of drug-likeness (QED) is 0.196. The summed E-state index contributed by atoms with van der Waals surface area (Å²) in [5.41, 5.74) is -4.78. The highest BCUT2D eigenvalue weighted by Crippen LogP contribution is 2.26. The molecule has 0 radical (unpaired) electrons. The topological polar surface area (TPSA) is 57.1 Å². The van der Waals surface area contributed by atoms with Gasteiger partial charge in [0.2, 0.25) is 17.4 Å². The molecule has 0 aliphatic carbocycles. The van der Waals surface area contributed by atoms with E-state index in [1.54, 1.807) is 0 Å². The standard InChI is InChI=1S/C21H7F10N5O/c22-8-6(9(23)13(27)16(30)12(8)26)3-34-5-33-19-18(34)20(37)36(21-32-1-2-35(19)21)4-7-10(24)14(28)17(31)15(29)11(7)25/h1-2,5H,3-4H2. The van der Waals surface area contributed by atoms with Crippen LogP contribution in [0.1, 0.15) is 11.1 Å². The van der Waals surface area contributed by atoms with E-state index in [0.717, 1.165) is 16.9 Å². The molecule has 37 heavy (non-hydrogen) atoms. The third kappa shape index (κ3) is 3.38. The largest absolute Gasteiger partial charge is 0.320 e. The van der Waals surface area contributed by atoms with Crippen molar-refractivity contribution in [1.29, 1.82) is 0 Å². The molecule has 0 fully saturated rings. The highest BCUT2D eigenvalue weighted by molar-refractivity contribution is 5.73. The van der Waals surface area contributed by atoms with Crippen LogP contribution >= 0.6 is 0 Å². The lowest BCUT2D eigenvalue weighted by Crippen LogP contribution is -2.27. The normalized spacial score (nSPS) is 11.8. The van der Waals surface area contributed by atoms with Crippen LogP contribution in [0.3, 0.4) is 0 Å². The molecule has 192 valence electrons. The SMILES string of the molecule is O=c1c2c(ncn2Cc2c(F)c(F)c(F)c(F)c2F)n2ccnc2n1Cc1c(F)c(F)c(F)c(F)c1F. The number of nitrogens with zero attached hydrogens (tertiary/aromatic N) is 5. The monoisotopic (exact) mass is 535 g/mol. The van der Waals surface area contributed by atoms with Crippen LogP contribution in [0.15, 0.2) is 23.5 Å². The van der Waals surface area contributed by atoms with Gasteiger partial charge in [0.15, 0.2) is 57.7 Å². The molecular formula is C21H7F10N5O. The Hall–Kier alpha value is -4.37. The Balaban J connectivity index is 1.75. The summed E-state index contributed by atoms with van der Waals surface area (Å²) in [6, 6.07) is 0. The van der Waals surface area contributed by atoms with Gasteiger partial charge in [-0.25, -0.2) is 53.9 Å². The summed E-state index contributed by atoms with van der Waals surface area (Å²) >= 11 is 0. The molecular weight excluding hydrogens is 528 g/mol. The van der Waals surface area contributed by atoms with E-state index in [1.165, 1.54) is 6.20 Å². The van der Waals surface area contributed by atoms with Crippen molar-refractivity contribution in [2.75, 3.05) is 0 Å². The van der Waals surface area contributed by atoms with Gasteiger partial charge in [-0.1, -0.05) is 0 Å². The number of imidazole rings is 2. The van der Waals surface area contributed by atoms with Crippen LogP contribution in [0.5, 0.6) is 0 Å². The molecule has 0 aliphatic rings. The summed E-state index contributed by atoms with van der Waals surface area (Å²) in [5.74, 6) is -23.0. The highest BCUT2D eigenvalue weighted by atomic mass is 19.2. The first-order chi connectivity index (χ1) is 17.5. The second kappa shape index (κ2) is 8.35. The lowest BCUT2D eigenvalue weighted by molar-refractivity contribution is 0.367. The molecule has 0 aliphatic heterocycles. The Bertz CT molecular complexity index is 1770. The van der Waals surface area contributed by atoms with E-state index >= 15 is 0 Å². The predicted molar refractivity (Wildman–Crippen MR) is 103 cm³/mol. The maximum atomic E-state index is 14.3. The van der Waals surface area contributed by atoms with Gasteiger partial charge in [0, 0.05) is 23.5 Å². The van der Waals surface area contributed by atoms with Gasteiger partial charge in [-0.15, -0.1) is 0 Å². The lowest BCUT2D eigenvalue weighted by Gasteiger charge is -2.13. The van der Waals surface area contributed by atoms with E-state index in [4.69, 9.17) is 0 Å². The Morgan fingerprint density at radius 2 is 1.08 bits per heavy atom. The number of aromatic nitrogens is 5. The summed E-state index contributed by atoms with van der Waals surface area (Å²) < 4.78 is 141. The van der Waals surface area contributed by atoms with E-state index in [2.05, 4.69) is 9.97 Å². The number of fused-ring (bicyclic) bond motifs is 3. The minimum absolute atomic E-state index is 0.255. The van der Waals surface area contributed by atoms with Gasteiger partial charge >= 0.3 is 0 Å². The Morgan fingerprint density at radius 3 is 1.59 bits per heavy atom. The molecule has 2 aromatic carbocycles. The van der Waals surface area contributed by atoms with Crippen LogP contribution < -0.4 is 5.56 Å². The molecule has 0 spiro atoms. The molecule has 3 heterocycles. The Labute approximate surface area is 196 Å². The van der Waals surface area contributed by atoms with Gasteiger partial charge in [-0.2, -0.15) is 0 Å². The van der Waals surface area contributed by atoms with Gasteiger partial charge in [-0.3, -0.25) is 13.8 Å². The maximum Gasteiger partial charge on any atom is 0.281 e. The minimum atomic E-state index is -2.42. The number of halogens is 10. The fourth-order valence-corrected chi connectivity index (χ4v) is 3.81. The van der Waals surface area contributed by atoms with E-state index in [1.807, 2.05) is 0 Å². The summed E-state index contributed by atoms with van der Waals surface area (Å²) in [4.78, 5) is 21.0. The van der Waals surface area contributed by atoms with Crippen molar-refractivity contribution in [2.24, 2.45) is 0 Å². The van der Waals surface area contributed by atoms with Crippen molar-refractivity contribution in [3.8, 4) is 0 Å².